The maximum absolute atomic E-state index is 12.1. The van der Waals surface area contributed by atoms with Crippen LogP contribution in [-0.4, -0.2) is 57.2 Å². The zero-order valence-electron chi connectivity index (χ0n) is 18.7. The molecule has 5 aromatic rings. The van der Waals surface area contributed by atoms with Crippen LogP contribution in [-0.2, 0) is 24.1 Å². The van der Waals surface area contributed by atoms with Gasteiger partial charge in [0.05, 0.1) is 18.2 Å². The Balaban J connectivity index is 1.45. The van der Waals surface area contributed by atoms with Gasteiger partial charge >= 0.3 is 5.97 Å². The van der Waals surface area contributed by atoms with Crippen LogP contribution in [0.5, 0.6) is 0 Å². The van der Waals surface area contributed by atoms with Crippen molar-refractivity contribution in [1.29, 1.82) is 0 Å². The van der Waals surface area contributed by atoms with Gasteiger partial charge in [0.1, 0.15) is 21.7 Å². The van der Waals surface area contributed by atoms with Crippen LogP contribution in [0.3, 0.4) is 0 Å². The van der Waals surface area contributed by atoms with Crippen LogP contribution < -0.4 is 0 Å². The monoisotopic (exact) mass is 483 g/mol. The lowest BCUT2D eigenvalue weighted by Crippen LogP contribution is -2.01. The highest BCUT2D eigenvalue weighted by Crippen LogP contribution is 2.32. The number of hydrogen-bond donors (Lipinski definition) is 0. The molecule has 11 nitrogen and oxygen atoms in total. The number of aryl methyl sites for hydroxylation is 3. The molecule has 0 aromatic carbocycles. The van der Waals surface area contributed by atoms with Crippen molar-refractivity contribution in [2.45, 2.75) is 38.2 Å². The number of carbonyl (C=O) groups excluding carboxylic acids is 1. The maximum Gasteiger partial charge on any atom is 0.348 e. The van der Waals surface area contributed by atoms with Gasteiger partial charge in [0.25, 0.3) is 0 Å². The number of methoxy groups -OCH3 is 1. The van der Waals surface area contributed by atoms with Gasteiger partial charge in [-0.3, -0.25) is 4.68 Å². The van der Waals surface area contributed by atoms with E-state index >= 15 is 0 Å². The maximum atomic E-state index is 12.1. The first-order valence-corrected chi connectivity index (χ1v) is 12.0. The minimum atomic E-state index is -0.373. The van der Waals surface area contributed by atoms with E-state index in [0.717, 1.165) is 38.1 Å². The quantitative estimate of drug-likeness (QED) is 0.265. The van der Waals surface area contributed by atoms with Crippen LogP contribution in [0.1, 0.15) is 33.7 Å². The average Bonchev–Trinajstić information content (AvgIpc) is 3.56. The van der Waals surface area contributed by atoms with E-state index in [2.05, 4.69) is 32.3 Å². The Hall–Kier alpha value is -3.32. The molecule has 0 amide bonds. The van der Waals surface area contributed by atoms with E-state index in [1.165, 1.54) is 30.2 Å². The number of thioether (sulfide) groups is 1. The molecule has 0 unspecified atom stereocenters. The molecule has 0 bridgehead atoms. The average molecular weight is 484 g/mol. The number of ether oxygens (including phenoxy) is 1. The second kappa shape index (κ2) is 8.23. The van der Waals surface area contributed by atoms with Gasteiger partial charge in [-0.1, -0.05) is 11.8 Å². The Kier molecular flexibility index (Phi) is 5.37. The van der Waals surface area contributed by atoms with E-state index in [1.807, 2.05) is 36.2 Å². The van der Waals surface area contributed by atoms with Gasteiger partial charge in [0.2, 0.25) is 0 Å². The molecule has 0 radical (unpaired) electrons. The second-order valence-corrected chi connectivity index (χ2v) is 9.34. The first kappa shape index (κ1) is 21.5. The summed E-state index contributed by atoms with van der Waals surface area (Å²) in [6.07, 6.45) is 1.62. The molecule has 0 aliphatic rings. The Bertz CT molecular complexity index is 1490. The molecule has 33 heavy (non-hydrogen) atoms. The number of aromatic nitrogens is 9. The minimum absolute atomic E-state index is 0.373. The highest BCUT2D eigenvalue weighted by molar-refractivity contribution is 7.98. The third-order valence-electron chi connectivity index (χ3n) is 5.39. The van der Waals surface area contributed by atoms with Crippen LogP contribution in [0.4, 0.5) is 0 Å². The number of fused-ring (bicyclic) bond motifs is 3. The fourth-order valence-corrected chi connectivity index (χ4v) is 5.51. The third kappa shape index (κ3) is 3.56. The predicted molar refractivity (Wildman–Crippen MR) is 124 cm³/mol. The molecular formula is C20H21N9O2S2. The van der Waals surface area contributed by atoms with Crippen molar-refractivity contribution >= 4 is 44.9 Å². The molecule has 0 spiro atoms. The summed E-state index contributed by atoms with van der Waals surface area (Å²) in [6, 6.07) is 2.00. The largest absolute Gasteiger partial charge is 0.465 e. The van der Waals surface area contributed by atoms with Crippen molar-refractivity contribution in [2.24, 2.45) is 7.05 Å². The molecule has 170 valence electrons. The highest BCUT2D eigenvalue weighted by Gasteiger charge is 2.21. The molecule has 0 aliphatic carbocycles. The zero-order valence-corrected chi connectivity index (χ0v) is 20.4. The van der Waals surface area contributed by atoms with E-state index < -0.39 is 0 Å². The number of rotatable bonds is 6. The van der Waals surface area contributed by atoms with Crippen molar-refractivity contribution in [3.63, 3.8) is 0 Å². The molecule has 5 rings (SSSR count). The molecule has 0 aliphatic heterocycles. The predicted octanol–water partition coefficient (Wildman–Crippen LogP) is 3.05. The number of thiophene rings is 1. The smallest absolute Gasteiger partial charge is 0.348 e. The van der Waals surface area contributed by atoms with E-state index in [4.69, 9.17) is 9.72 Å². The Labute approximate surface area is 196 Å². The van der Waals surface area contributed by atoms with Crippen molar-refractivity contribution in [2.75, 3.05) is 7.11 Å². The van der Waals surface area contributed by atoms with Crippen molar-refractivity contribution < 1.29 is 9.53 Å². The standard InChI is InChI=1S/C20H21N9O2S2/c1-6-28-16(12-7-10(2)27(4)25-12)23-24-20(28)32-8-13-22-17-14-11(3)15(19(30)31-5)33-18(14)21-9-29(17)26-13/h7,9H,6,8H2,1-5H3. The van der Waals surface area contributed by atoms with Crippen molar-refractivity contribution in [3.05, 3.63) is 34.4 Å². The molecular weight excluding hydrogens is 462 g/mol. The zero-order chi connectivity index (χ0) is 23.3. The Morgan fingerprint density at radius 1 is 1.24 bits per heavy atom. The molecule has 0 fully saturated rings. The number of hydrogen-bond acceptors (Lipinski definition) is 10. The summed E-state index contributed by atoms with van der Waals surface area (Å²) in [6.45, 7) is 6.65. The Morgan fingerprint density at radius 3 is 2.76 bits per heavy atom. The fraction of sp³-hybridized carbons (Fsp3) is 0.350. The number of carbonyl (C=O) groups is 1. The van der Waals surface area contributed by atoms with Gasteiger partial charge < -0.3 is 9.30 Å². The van der Waals surface area contributed by atoms with E-state index in [-0.39, 0.29) is 5.97 Å². The molecule has 13 heteroatoms. The summed E-state index contributed by atoms with van der Waals surface area (Å²) in [5.74, 6) is 1.51. The summed E-state index contributed by atoms with van der Waals surface area (Å²) >= 11 is 2.81. The fourth-order valence-electron chi connectivity index (χ4n) is 3.60. The van der Waals surface area contributed by atoms with Gasteiger partial charge in [-0.25, -0.2) is 19.3 Å². The van der Waals surface area contributed by atoms with E-state index in [9.17, 15) is 4.79 Å². The summed E-state index contributed by atoms with van der Waals surface area (Å²) in [4.78, 5) is 22.5. The molecule has 0 saturated heterocycles. The first-order chi connectivity index (χ1) is 15.9. The van der Waals surface area contributed by atoms with Crippen LogP contribution >= 0.6 is 23.1 Å². The van der Waals surface area contributed by atoms with Crippen LogP contribution in [0.2, 0.25) is 0 Å². The lowest BCUT2D eigenvalue weighted by molar-refractivity contribution is 0.0605. The number of nitrogens with zero attached hydrogens (tertiary/aromatic N) is 9. The van der Waals surface area contributed by atoms with Gasteiger partial charge in [0, 0.05) is 19.3 Å². The van der Waals surface area contributed by atoms with Crippen molar-refractivity contribution in [3.8, 4) is 11.5 Å². The van der Waals surface area contributed by atoms with Crippen LogP contribution in [0, 0.1) is 13.8 Å². The van der Waals surface area contributed by atoms with Gasteiger partial charge in [-0.05, 0) is 32.4 Å². The molecule has 5 heterocycles. The van der Waals surface area contributed by atoms with Crippen molar-refractivity contribution in [1.82, 2.24) is 44.1 Å². The van der Waals surface area contributed by atoms with Gasteiger partial charge in [-0.2, -0.15) is 5.10 Å². The lowest BCUT2D eigenvalue weighted by Gasteiger charge is -2.04. The van der Waals surface area contributed by atoms with Crippen LogP contribution in [0.25, 0.3) is 27.4 Å². The second-order valence-electron chi connectivity index (χ2n) is 7.40. The topological polar surface area (TPSA) is 118 Å². The van der Waals surface area contributed by atoms with Crippen LogP contribution in [0.15, 0.2) is 17.6 Å². The normalized spacial score (nSPS) is 11.7. The SMILES string of the molecule is CCn1c(SCc2nc3c4c(C)c(C(=O)OC)sc4ncn3n2)nnc1-c1cc(C)n(C)n1. The third-order valence-corrected chi connectivity index (χ3v) is 7.53. The summed E-state index contributed by atoms with van der Waals surface area (Å²) in [5, 5.41) is 19.4. The Morgan fingerprint density at radius 2 is 2.06 bits per heavy atom. The van der Waals surface area contributed by atoms with Gasteiger partial charge in [-0.15, -0.1) is 26.6 Å². The number of esters is 1. The van der Waals surface area contributed by atoms with Gasteiger partial charge in [0.15, 0.2) is 22.5 Å². The highest BCUT2D eigenvalue weighted by atomic mass is 32.2. The molecule has 0 N–H and O–H groups in total. The molecule has 0 saturated carbocycles. The summed E-state index contributed by atoms with van der Waals surface area (Å²) in [7, 11) is 3.28. The first-order valence-electron chi connectivity index (χ1n) is 10.2. The summed E-state index contributed by atoms with van der Waals surface area (Å²) in [5.41, 5.74) is 3.32. The minimum Gasteiger partial charge on any atom is -0.465 e. The lowest BCUT2D eigenvalue weighted by atomic mass is 10.2. The van der Waals surface area contributed by atoms with E-state index in [1.54, 1.807) is 10.8 Å². The molecule has 5 aromatic heterocycles. The molecule has 0 atom stereocenters. The van der Waals surface area contributed by atoms with E-state index in [0.29, 0.717) is 28.6 Å². The summed E-state index contributed by atoms with van der Waals surface area (Å²) < 4.78 is 10.4.